The molecule has 0 atom stereocenters. The second-order valence-corrected chi connectivity index (χ2v) is 6.14. The van der Waals surface area contributed by atoms with Gasteiger partial charge in [0.1, 0.15) is 5.75 Å². The zero-order valence-electron chi connectivity index (χ0n) is 12.9. The van der Waals surface area contributed by atoms with Crippen LogP contribution in [0.15, 0.2) is 40.9 Å². The summed E-state index contributed by atoms with van der Waals surface area (Å²) in [7, 11) is 0. The van der Waals surface area contributed by atoms with Crippen molar-refractivity contribution in [3.8, 4) is 5.75 Å². The van der Waals surface area contributed by atoms with Gasteiger partial charge in [-0.25, -0.2) is 0 Å². The lowest BCUT2D eigenvalue weighted by Crippen LogP contribution is -2.03. The van der Waals surface area contributed by atoms with E-state index in [0.29, 0.717) is 0 Å². The van der Waals surface area contributed by atoms with Crippen molar-refractivity contribution < 1.29 is 4.74 Å². The van der Waals surface area contributed by atoms with E-state index in [1.807, 2.05) is 12.1 Å². The molecule has 2 aromatic rings. The van der Waals surface area contributed by atoms with E-state index >= 15 is 0 Å². The van der Waals surface area contributed by atoms with E-state index in [9.17, 15) is 0 Å². The first kappa shape index (κ1) is 15.9. The molecule has 0 saturated heterocycles. The summed E-state index contributed by atoms with van der Waals surface area (Å²) in [4.78, 5) is 0. The van der Waals surface area contributed by atoms with Crippen LogP contribution in [0.3, 0.4) is 0 Å². The molecule has 3 heteroatoms. The molecule has 112 valence electrons. The molecule has 0 spiro atoms. The Kier molecular flexibility index (Phi) is 5.68. The zero-order chi connectivity index (χ0) is 15.2. The number of hydrogen-bond donors (Lipinski definition) is 1. The Hall–Kier alpha value is -1.48. The van der Waals surface area contributed by atoms with E-state index in [2.05, 4.69) is 66.3 Å². The van der Waals surface area contributed by atoms with Crippen molar-refractivity contribution in [3.63, 3.8) is 0 Å². The summed E-state index contributed by atoms with van der Waals surface area (Å²) < 4.78 is 6.78. The van der Waals surface area contributed by atoms with Crippen LogP contribution in [0.2, 0.25) is 0 Å². The predicted octanol–water partition coefficient (Wildman–Crippen LogP) is 5.47. The van der Waals surface area contributed by atoms with Gasteiger partial charge in [-0.3, -0.25) is 0 Å². The minimum Gasteiger partial charge on any atom is -0.494 e. The summed E-state index contributed by atoms with van der Waals surface area (Å²) in [5, 5.41) is 3.51. The zero-order valence-corrected chi connectivity index (χ0v) is 14.5. The van der Waals surface area contributed by atoms with Crippen molar-refractivity contribution in [2.24, 2.45) is 0 Å². The van der Waals surface area contributed by atoms with E-state index < -0.39 is 0 Å². The molecule has 0 fully saturated rings. The maximum atomic E-state index is 5.67. The van der Waals surface area contributed by atoms with Gasteiger partial charge < -0.3 is 10.1 Å². The van der Waals surface area contributed by atoms with Crippen molar-refractivity contribution in [2.75, 3.05) is 11.9 Å². The second-order valence-electron chi connectivity index (χ2n) is 5.29. The van der Waals surface area contributed by atoms with Gasteiger partial charge in [0.25, 0.3) is 0 Å². The first-order chi connectivity index (χ1) is 10.1. The third kappa shape index (κ3) is 4.50. The molecule has 0 amide bonds. The van der Waals surface area contributed by atoms with Gasteiger partial charge in [0, 0.05) is 11.0 Å². The fourth-order valence-corrected chi connectivity index (χ4v) is 3.11. The van der Waals surface area contributed by atoms with E-state index in [1.165, 1.54) is 16.7 Å². The van der Waals surface area contributed by atoms with Crippen LogP contribution >= 0.6 is 15.9 Å². The Balaban J connectivity index is 2.06. The number of anilines is 1. The van der Waals surface area contributed by atoms with Gasteiger partial charge in [-0.05, 0) is 71.1 Å². The molecule has 0 unspecified atom stereocenters. The quantitative estimate of drug-likeness (QED) is 0.748. The molecule has 0 bridgehead atoms. The third-order valence-electron chi connectivity index (χ3n) is 3.27. The van der Waals surface area contributed by atoms with Gasteiger partial charge >= 0.3 is 0 Å². The van der Waals surface area contributed by atoms with Crippen LogP contribution in [0.4, 0.5) is 5.69 Å². The maximum Gasteiger partial charge on any atom is 0.119 e. The van der Waals surface area contributed by atoms with Crippen LogP contribution in [0, 0.1) is 13.8 Å². The van der Waals surface area contributed by atoms with Gasteiger partial charge in [0.05, 0.1) is 12.3 Å². The molecule has 21 heavy (non-hydrogen) atoms. The minimum absolute atomic E-state index is 0.763. The highest BCUT2D eigenvalue weighted by molar-refractivity contribution is 9.10. The van der Waals surface area contributed by atoms with Crippen molar-refractivity contribution >= 4 is 21.6 Å². The Labute approximate surface area is 135 Å². The van der Waals surface area contributed by atoms with Gasteiger partial charge in [-0.1, -0.05) is 25.1 Å². The van der Waals surface area contributed by atoms with E-state index in [-0.39, 0.29) is 0 Å². The van der Waals surface area contributed by atoms with Crippen molar-refractivity contribution in [3.05, 3.63) is 57.6 Å². The summed E-state index contributed by atoms with van der Waals surface area (Å²) in [6.45, 7) is 7.89. The molecule has 0 aliphatic carbocycles. The molecule has 0 radical (unpaired) electrons. The lowest BCUT2D eigenvalue weighted by atomic mass is 10.1. The van der Waals surface area contributed by atoms with Gasteiger partial charge in [-0.15, -0.1) is 0 Å². The summed E-state index contributed by atoms with van der Waals surface area (Å²) in [6.07, 6.45) is 1.03. The average molecular weight is 348 g/mol. The Morgan fingerprint density at radius 3 is 2.67 bits per heavy atom. The van der Waals surface area contributed by atoms with E-state index in [0.717, 1.165) is 35.5 Å². The molecule has 1 N–H and O–H groups in total. The second kappa shape index (κ2) is 7.51. The average Bonchev–Trinajstić information content (AvgIpc) is 2.44. The number of ether oxygens (including phenoxy) is 1. The van der Waals surface area contributed by atoms with E-state index in [1.54, 1.807) is 0 Å². The minimum atomic E-state index is 0.763. The van der Waals surface area contributed by atoms with Crippen molar-refractivity contribution in [2.45, 2.75) is 33.7 Å². The Morgan fingerprint density at radius 1 is 1.14 bits per heavy atom. The highest BCUT2D eigenvalue weighted by Crippen LogP contribution is 2.28. The van der Waals surface area contributed by atoms with Crippen LogP contribution in [-0.2, 0) is 6.54 Å². The summed E-state index contributed by atoms with van der Waals surface area (Å²) in [5.74, 6) is 0.941. The Bertz CT molecular complexity index is 587. The van der Waals surface area contributed by atoms with Crippen LogP contribution < -0.4 is 10.1 Å². The predicted molar refractivity (Wildman–Crippen MR) is 93.2 cm³/mol. The van der Waals surface area contributed by atoms with Crippen molar-refractivity contribution in [1.29, 1.82) is 0 Å². The molecule has 0 aliphatic heterocycles. The molecule has 2 aromatic carbocycles. The van der Waals surface area contributed by atoms with Gasteiger partial charge in [0.15, 0.2) is 0 Å². The molecule has 2 nitrogen and oxygen atoms in total. The summed E-state index contributed by atoms with van der Waals surface area (Å²) >= 11 is 3.63. The highest BCUT2D eigenvalue weighted by atomic mass is 79.9. The normalized spacial score (nSPS) is 10.5. The molecule has 0 saturated carbocycles. The van der Waals surface area contributed by atoms with Crippen LogP contribution in [0.5, 0.6) is 5.75 Å². The first-order valence-electron chi connectivity index (χ1n) is 7.32. The fourth-order valence-electron chi connectivity index (χ4n) is 2.30. The monoisotopic (exact) mass is 347 g/mol. The molecule has 0 aliphatic rings. The maximum absolute atomic E-state index is 5.67. The number of hydrogen-bond acceptors (Lipinski definition) is 2. The highest BCUT2D eigenvalue weighted by Gasteiger charge is 2.05. The molecule has 2 rings (SSSR count). The molecular weight excluding hydrogens is 326 g/mol. The van der Waals surface area contributed by atoms with Crippen LogP contribution in [-0.4, -0.2) is 6.61 Å². The fraction of sp³-hybridized carbons (Fsp3) is 0.333. The molecule has 0 aromatic heterocycles. The largest absolute Gasteiger partial charge is 0.494 e. The summed E-state index contributed by atoms with van der Waals surface area (Å²) in [5.41, 5.74) is 4.89. The van der Waals surface area contributed by atoms with E-state index in [4.69, 9.17) is 4.74 Å². The number of halogens is 1. The third-order valence-corrected chi connectivity index (χ3v) is 3.90. The Morgan fingerprint density at radius 2 is 1.95 bits per heavy atom. The van der Waals surface area contributed by atoms with Gasteiger partial charge in [0.2, 0.25) is 0 Å². The number of nitrogens with one attached hydrogen (secondary N) is 1. The smallest absolute Gasteiger partial charge is 0.119 e. The SMILES string of the molecule is CCCOc1cccc(CNc2c(C)cc(C)cc2Br)c1. The van der Waals surface area contributed by atoms with Crippen molar-refractivity contribution in [1.82, 2.24) is 0 Å². The first-order valence-corrected chi connectivity index (χ1v) is 8.12. The van der Waals surface area contributed by atoms with Gasteiger partial charge in [-0.2, -0.15) is 0 Å². The topological polar surface area (TPSA) is 21.3 Å². The summed E-state index contributed by atoms with van der Waals surface area (Å²) in [6, 6.07) is 12.6. The van der Waals surface area contributed by atoms with Crippen LogP contribution in [0.1, 0.15) is 30.0 Å². The molecule has 0 heterocycles. The number of rotatable bonds is 6. The lowest BCUT2D eigenvalue weighted by Gasteiger charge is -2.13. The van der Waals surface area contributed by atoms with Crippen LogP contribution in [0.25, 0.3) is 0 Å². The lowest BCUT2D eigenvalue weighted by molar-refractivity contribution is 0.317. The number of aryl methyl sites for hydroxylation is 2. The number of benzene rings is 2. The molecular formula is C18H22BrNO. The standard InChI is InChI=1S/C18H22BrNO/c1-4-8-21-16-7-5-6-15(11-16)12-20-18-14(3)9-13(2)10-17(18)19/h5-7,9-11,20H,4,8,12H2,1-3H3.